The van der Waals surface area contributed by atoms with Gasteiger partial charge in [-0.25, -0.2) is 13.1 Å². The van der Waals surface area contributed by atoms with E-state index in [1.807, 2.05) is 6.20 Å². The molecular formula is C15H26N4O2S. The van der Waals surface area contributed by atoms with Crippen molar-refractivity contribution in [1.29, 1.82) is 0 Å². The third-order valence-corrected chi connectivity index (χ3v) is 6.34. The number of hydrogen-bond donors (Lipinski definition) is 1. The summed E-state index contributed by atoms with van der Waals surface area (Å²) in [5, 5.41) is 4.43. The van der Waals surface area contributed by atoms with Crippen LogP contribution in [0.25, 0.3) is 0 Å². The van der Waals surface area contributed by atoms with Crippen LogP contribution in [0, 0.1) is 5.92 Å². The number of nitrogens with zero attached hydrogens (tertiary/aromatic N) is 3. The maximum absolute atomic E-state index is 11.6. The van der Waals surface area contributed by atoms with E-state index in [1.54, 1.807) is 6.92 Å². The Hall–Kier alpha value is -0.920. The molecular weight excluding hydrogens is 300 g/mol. The Kier molecular flexibility index (Phi) is 4.84. The fourth-order valence-electron chi connectivity index (χ4n) is 3.30. The molecule has 2 heterocycles. The Bertz CT molecular complexity index is 594. The molecule has 1 saturated carbocycles. The van der Waals surface area contributed by atoms with Crippen molar-refractivity contribution in [3.05, 3.63) is 18.0 Å². The minimum Gasteiger partial charge on any atom is -0.294 e. The van der Waals surface area contributed by atoms with Crippen LogP contribution in [-0.4, -0.2) is 48.0 Å². The molecule has 1 aromatic rings. The molecule has 2 aliphatic rings. The minimum atomic E-state index is -3.09. The summed E-state index contributed by atoms with van der Waals surface area (Å²) in [5.41, 5.74) is 1.28. The van der Waals surface area contributed by atoms with Gasteiger partial charge in [-0.2, -0.15) is 5.10 Å². The average Bonchev–Trinajstić information content (AvgIpc) is 2.77. The van der Waals surface area contributed by atoms with Gasteiger partial charge in [0.1, 0.15) is 0 Å². The third kappa shape index (κ3) is 3.70. The molecule has 0 amide bonds. The van der Waals surface area contributed by atoms with Crippen molar-refractivity contribution in [2.24, 2.45) is 5.92 Å². The number of aromatic nitrogens is 2. The molecule has 1 atom stereocenters. The van der Waals surface area contributed by atoms with E-state index in [9.17, 15) is 8.42 Å². The van der Waals surface area contributed by atoms with Crippen LogP contribution in [0.3, 0.4) is 0 Å². The summed E-state index contributed by atoms with van der Waals surface area (Å²) in [5.74, 6) is 0.594. The molecule has 0 aromatic carbocycles. The van der Waals surface area contributed by atoms with Gasteiger partial charge >= 0.3 is 0 Å². The van der Waals surface area contributed by atoms with Gasteiger partial charge in [-0.3, -0.25) is 9.58 Å². The second-order valence-corrected chi connectivity index (χ2v) is 8.57. The van der Waals surface area contributed by atoms with E-state index in [2.05, 4.69) is 25.5 Å². The molecule has 1 aliphatic carbocycles. The second kappa shape index (κ2) is 6.68. The fourth-order valence-corrected chi connectivity index (χ4v) is 3.93. The summed E-state index contributed by atoms with van der Waals surface area (Å²) < 4.78 is 27.9. The largest absolute Gasteiger partial charge is 0.294 e. The van der Waals surface area contributed by atoms with Gasteiger partial charge in [0.15, 0.2) is 0 Å². The van der Waals surface area contributed by atoms with Gasteiger partial charge in [-0.15, -0.1) is 0 Å². The molecule has 0 spiro atoms. The fraction of sp³-hybridized carbons (Fsp3) is 0.800. The van der Waals surface area contributed by atoms with Gasteiger partial charge in [-0.1, -0.05) is 6.42 Å². The summed E-state index contributed by atoms with van der Waals surface area (Å²) in [6, 6.07) is 2.81. The van der Waals surface area contributed by atoms with Gasteiger partial charge in [0.2, 0.25) is 10.0 Å². The molecule has 1 N–H and O–H groups in total. The first kappa shape index (κ1) is 16.0. The van der Waals surface area contributed by atoms with E-state index >= 15 is 0 Å². The highest BCUT2D eigenvalue weighted by Crippen LogP contribution is 2.29. The molecule has 0 saturated heterocycles. The van der Waals surface area contributed by atoms with E-state index in [0.717, 1.165) is 26.1 Å². The Morgan fingerprint density at radius 3 is 2.86 bits per heavy atom. The molecule has 0 bridgehead atoms. The quantitative estimate of drug-likeness (QED) is 0.853. The summed E-state index contributed by atoms with van der Waals surface area (Å²) in [7, 11) is -3.09. The third-order valence-electron chi connectivity index (χ3n) is 4.94. The van der Waals surface area contributed by atoms with Crippen molar-refractivity contribution in [2.75, 3.05) is 18.8 Å². The lowest BCUT2D eigenvalue weighted by atomic mass is 9.90. The van der Waals surface area contributed by atoms with Crippen LogP contribution < -0.4 is 4.72 Å². The molecule has 6 nitrogen and oxygen atoms in total. The predicted octanol–water partition coefficient (Wildman–Crippen LogP) is 1.20. The summed E-state index contributed by atoms with van der Waals surface area (Å²) in [6.45, 7) is 5.10. The molecule has 1 aliphatic heterocycles. The molecule has 1 aromatic heterocycles. The predicted molar refractivity (Wildman–Crippen MR) is 85.8 cm³/mol. The first-order valence-electron chi connectivity index (χ1n) is 8.29. The topological polar surface area (TPSA) is 67.2 Å². The Balaban J connectivity index is 1.62. The van der Waals surface area contributed by atoms with Crippen LogP contribution >= 0.6 is 0 Å². The van der Waals surface area contributed by atoms with Crippen molar-refractivity contribution < 1.29 is 8.42 Å². The monoisotopic (exact) mass is 326 g/mol. The zero-order chi connectivity index (χ0) is 15.6. The van der Waals surface area contributed by atoms with Crippen LogP contribution in [0.4, 0.5) is 0 Å². The summed E-state index contributed by atoms with van der Waals surface area (Å²) in [6.07, 6.45) is 6.66. The van der Waals surface area contributed by atoms with Crippen LogP contribution in [0.1, 0.15) is 38.3 Å². The van der Waals surface area contributed by atoms with Gasteiger partial charge in [-0.05, 0) is 38.2 Å². The van der Waals surface area contributed by atoms with Crippen LogP contribution in [-0.2, 0) is 23.1 Å². The van der Waals surface area contributed by atoms with Crippen LogP contribution in [0.5, 0.6) is 0 Å². The molecule has 7 heteroatoms. The van der Waals surface area contributed by atoms with Gasteiger partial charge in [0, 0.05) is 38.4 Å². The van der Waals surface area contributed by atoms with Crippen molar-refractivity contribution in [3.63, 3.8) is 0 Å². The Morgan fingerprint density at radius 2 is 2.18 bits per heavy atom. The lowest BCUT2D eigenvalue weighted by molar-refractivity contribution is 0.102. The van der Waals surface area contributed by atoms with Crippen molar-refractivity contribution in [1.82, 2.24) is 19.4 Å². The van der Waals surface area contributed by atoms with Crippen molar-refractivity contribution in [2.45, 2.75) is 51.7 Å². The first-order chi connectivity index (χ1) is 10.6. The normalized spacial score (nSPS) is 23.8. The number of nitrogens with one attached hydrogen (secondary N) is 1. The Labute approximate surface area is 132 Å². The molecule has 124 valence electrons. The second-order valence-electron chi connectivity index (χ2n) is 6.47. The number of fused-ring (bicyclic) bond motifs is 1. The van der Waals surface area contributed by atoms with E-state index in [1.165, 1.54) is 25.0 Å². The lowest BCUT2D eigenvalue weighted by Gasteiger charge is -2.38. The minimum absolute atomic E-state index is 0.148. The SMILES string of the molecule is CCS(=O)(=O)NCCC1CN(C2CCC2)Cc2ccnn2C1. The van der Waals surface area contributed by atoms with Gasteiger partial charge in [0.25, 0.3) is 0 Å². The van der Waals surface area contributed by atoms with E-state index in [-0.39, 0.29) is 5.75 Å². The highest BCUT2D eigenvalue weighted by Gasteiger charge is 2.30. The average molecular weight is 326 g/mol. The van der Waals surface area contributed by atoms with Crippen LogP contribution in [0.2, 0.25) is 0 Å². The Morgan fingerprint density at radius 1 is 1.36 bits per heavy atom. The first-order valence-corrected chi connectivity index (χ1v) is 9.94. The molecule has 1 fully saturated rings. The van der Waals surface area contributed by atoms with E-state index < -0.39 is 10.0 Å². The molecule has 0 radical (unpaired) electrons. The maximum Gasteiger partial charge on any atom is 0.211 e. The maximum atomic E-state index is 11.6. The highest BCUT2D eigenvalue weighted by atomic mass is 32.2. The van der Waals surface area contributed by atoms with Crippen molar-refractivity contribution >= 4 is 10.0 Å². The number of rotatable bonds is 6. The molecule has 22 heavy (non-hydrogen) atoms. The summed E-state index contributed by atoms with van der Waals surface area (Å²) in [4.78, 5) is 2.57. The zero-order valence-electron chi connectivity index (χ0n) is 13.2. The van der Waals surface area contributed by atoms with E-state index in [0.29, 0.717) is 18.5 Å². The van der Waals surface area contributed by atoms with Gasteiger partial charge in [0.05, 0.1) is 11.4 Å². The highest BCUT2D eigenvalue weighted by molar-refractivity contribution is 7.89. The molecule has 1 unspecified atom stereocenters. The standard InChI is InChI=1S/C15H26N4O2S/c1-2-22(20,21)17-9-6-13-10-18(14-4-3-5-14)12-15-7-8-16-19(15)11-13/h7-8,13-14,17H,2-6,9-12H2,1H3. The summed E-state index contributed by atoms with van der Waals surface area (Å²) >= 11 is 0. The van der Waals surface area contributed by atoms with Crippen molar-refractivity contribution in [3.8, 4) is 0 Å². The van der Waals surface area contributed by atoms with Gasteiger partial charge < -0.3 is 0 Å². The molecule has 3 rings (SSSR count). The number of sulfonamides is 1. The zero-order valence-corrected chi connectivity index (χ0v) is 14.1. The van der Waals surface area contributed by atoms with E-state index in [4.69, 9.17) is 0 Å². The number of hydrogen-bond acceptors (Lipinski definition) is 4. The lowest BCUT2D eigenvalue weighted by Crippen LogP contribution is -2.42. The van der Waals surface area contributed by atoms with Crippen LogP contribution in [0.15, 0.2) is 12.3 Å². The smallest absolute Gasteiger partial charge is 0.211 e.